The fourth-order valence-corrected chi connectivity index (χ4v) is 2.39. The molecular formula is C15H11Cl2N3O2. The van der Waals surface area contributed by atoms with E-state index in [2.05, 4.69) is 5.32 Å². The van der Waals surface area contributed by atoms with E-state index in [0.29, 0.717) is 21.4 Å². The minimum atomic E-state index is -0.475. The van der Waals surface area contributed by atoms with Crippen LogP contribution in [-0.4, -0.2) is 18.7 Å². The predicted octanol–water partition coefficient (Wildman–Crippen LogP) is 4.11. The average Bonchev–Trinajstić information content (AvgIpc) is 2.51. The molecule has 2 aromatic carbocycles. The van der Waals surface area contributed by atoms with Gasteiger partial charge in [0.25, 0.3) is 0 Å². The van der Waals surface area contributed by atoms with E-state index >= 15 is 0 Å². The van der Waals surface area contributed by atoms with Gasteiger partial charge in [0.2, 0.25) is 0 Å². The number of amides is 4. The Morgan fingerprint density at radius 1 is 0.818 bits per heavy atom. The molecule has 0 saturated carbocycles. The number of urea groups is 2. The molecule has 0 aromatic heterocycles. The van der Waals surface area contributed by atoms with Gasteiger partial charge in [0.15, 0.2) is 0 Å². The van der Waals surface area contributed by atoms with Crippen LogP contribution in [-0.2, 0) is 0 Å². The van der Waals surface area contributed by atoms with E-state index in [0.717, 1.165) is 4.90 Å². The lowest BCUT2D eigenvalue weighted by Crippen LogP contribution is -2.60. The Hall–Kier alpha value is -2.24. The van der Waals surface area contributed by atoms with E-state index in [1.165, 1.54) is 4.90 Å². The van der Waals surface area contributed by atoms with E-state index in [1.54, 1.807) is 48.5 Å². The number of nitrogens with zero attached hydrogens (tertiary/aromatic N) is 2. The average molecular weight is 336 g/mol. The second-order valence-electron chi connectivity index (χ2n) is 4.64. The lowest BCUT2D eigenvalue weighted by Gasteiger charge is -2.34. The van der Waals surface area contributed by atoms with Gasteiger partial charge in [0, 0.05) is 15.7 Å². The minimum absolute atomic E-state index is 0.101. The van der Waals surface area contributed by atoms with E-state index in [4.69, 9.17) is 23.2 Å². The molecule has 0 aliphatic carbocycles. The maximum atomic E-state index is 12.6. The molecular weight excluding hydrogens is 325 g/mol. The van der Waals surface area contributed by atoms with Gasteiger partial charge in [-0.2, -0.15) is 0 Å². The number of hydrogen-bond donors (Lipinski definition) is 1. The van der Waals surface area contributed by atoms with Crippen molar-refractivity contribution in [2.75, 3.05) is 16.5 Å². The fraction of sp³-hybridized carbons (Fsp3) is 0.0667. The number of carbonyl (C=O) groups excluding carboxylic acids is 2. The molecule has 0 spiro atoms. The Bertz CT molecular complexity index is 717. The topological polar surface area (TPSA) is 52.7 Å². The van der Waals surface area contributed by atoms with Crippen LogP contribution in [0.4, 0.5) is 21.0 Å². The standard InChI is InChI=1S/C15H11Cl2N3O2/c16-10-1-5-12(6-2-10)19-9-18-14(21)20(15(19)22)13-7-3-11(17)4-8-13/h1-8H,9H2,(H,18,21). The number of halogens is 2. The van der Waals surface area contributed by atoms with Gasteiger partial charge in [-0.1, -0.05) is 23.2 Å². The Morgan fingerprint density at radius 3 is 1.86 bits per heavy atom. The smallest absolute Gasteiger partial charge is 0.319 e. The number of hydrogen-bond acceptors (Lipinski definition) is 2. The van der Waals surface area contributed by atoms with Crippen LogP contribution in [0.25, 0.3) is 0 Å². The van der Waals surface area contributed by atoms with Gasteiger partial charge in [-0.25, -0.2) is 14.5 Å². The molecule has 7 heteroatoms. The highest BCUT2D eigenvalue weighted by atomic mass is 35.5. The molecule has 2 aromatic rings. The highest BCUT2D eigenvalue weighted by Crippen LogP contribution is 2.25. The summed E-state index contributed by atoms with van der Waals surface area (Å²) in [5.41, 5.74) is 1.10. The highest BCUT2D eigenvalue weighted by molar-refractivity contribution is 6.31. The summed E-state index contributed by atoms with van der Waals surface area (Å²) in [5.74, 6) is 0. The first-order chi connectivity index (χ1) is 10.6. The Kier molecular flexibility index (Phi) is 3.92. The zero-order valence-corrected chi connectivity index (χ0v) is 12.8. The lowest BCUT2D eigenvalue weighted by atomic mass is 10.2. The minimum Gasteiger partial charge on any atom is -0.319 e. The quantitative estimate of drug-likeness (QED) is 0.897. The van der Waals surface area contributed by atoms with Crippen LogP contribution in [0.2, 0.25) is 10.0 Å². The summed E-state index contributed by atoms with van der Waals surface area (Å²) in [6.45, 7) is 0.101. The third-order valence-corrected chi connectivity index (χ3v) is 3.74. The van der Waals surface area contributed by atoms with Crippen molar-refractivity contribution in [3.05, 3.63) is 58.6 Å². The first-order valence-corrected chi connectivity index (χ1v) is 7.22. The number of imide groups is 1. The van der Waals surface area contributed by atoms with Crippen LogP contribution >= 0.6 is 23.2 Å². The molecule has 3 rings (SSSR count). The Labute approximate surface area is 137 Å². The van der Waals surface area contributed by atoms with Crippen molar-refractivity contribution in [3.63, 3.8) is 0 Å². The zero-order chi connectivity index (χ0) is 15.7. The summed E-state index contributed by atoms with van der Waals surface area (Å²) in [5, 5.41) is 3.77. The van der Waals surface area contributed by atoms with Crippen LogP contribution in [0.5, 0.6) is 0 Å². The number of nitrogens with one attached hydrogen (secondary N) is 1. The maximum absolute atomic E-state index is 12.6. The van der Waals surface area contributed by atoms with E-state index in [1.807, 2.05) is 0 Å². The predicted molar refractivity (Wildman–Crippen MR) is 86.7 cm³/mol. The summed E-state index contributed by atoms with van der Waals surface area (Å²) in [7, 11) is 0. The molecule has 22 heavy (non-hydrogen) atoms. The van der Waals surface area contributed by atoms with Crippen molar-refractivity contribution in [1.29, 1.82) is 0 Å². The molecule has 0 bridgehead atoms. The van der Waals surface area contributed by atoms with Gasteiger partial charge < -0.3 is 5.32 Å². The molecule has 0 radical (unpaired) electrons. The van der Waals surface area contributed by atoms with Crippen molar-refractivity contribution in [2.45, 2.75) is 0 Å². The van der Waals surface area contributed by atoms with Crippen LogP contribution in [0, 0.1) is 0 Å². The van der Waals surface area contributed by atoms with Gasteiger partial charge >= 0.3 is 12.1 Å². The highest BCUT2D eigenvalue weighted by Gasteiger charge is 2.33. The Balaban J connectivity index is 1.93. The summed E-state index contributed by atoms with van der Waals surface area (Å²) in [6.07, 6.45) is 0. The summed E-state index contributed by atoms with van der Waals surface area (Å²) < 4.78 is 0. The molecule has 1 aliphatic heterocycles. The Morgan fingerprint density at radius 2 is 1.32 bits per heavy atom. The third kappa shape index (κ3) is 2.73. The summed E-state index contributed by atoms with van der Waals surface area (Å²) in [4.78, 5) is 27.2. The van der Waals surface area contributed by atoms with Crippen molar-refractivity contribution >= 4 is 46.6 Å². The first-order valence-electron chi connectivity index (χ1n) is 6.47. The van der Waals surface area contributed by atoms with Crippen molar-refractivity contribution in [2.24, 2.45) is 0 Å². The zero-order valence-electron chi connectivity index (χ0n) is 11.3. The summed E-state index contributed by atoms with van der Waals surface area (Å²) in [6, 6.07) is 12.4. The second-order valence-corrected chi connectivity index (χ2v) is 5.51. The molecule has 112 valence electrons. The van der Waals surface area contributed by atoms with Crippen LogP contribution in [0.1, 0.15) is 0 Å². The van der Waals surface area contributed by atoms with Crippen molar-refractivity contribution < 1.29 is 9.59 Å². The van der Waals surface area contributed by atoms with Gasteiger partial charge in [0.1, 0.15) is 6.67 Å². The molecule has 1 aliphatic rings. The largest absolute Gasteiger partial charge is 0.338 e. The molecule has 1 fully saturated rings. The van der Waals surface area contributed by atoms with Gasteiger partial charge in [0.05, 0.1) is 5.69 Å². The van der Waals surface area contributed by atoms with Crippen LogP contribution in [0.15, 0.2) is 48.5 Å². The van der Waals surface area contributed by atoms with E-state index in [9.17, 15) is 9.59 Å². The number of benzene rings is 2. The van der Waals surface area contributed by atoms with E-state index < -0.39 is 12.1 Å². The number of anilines is 2. The van der Waals surface area contributed by atoms with E-state index in [-0.39, 0.29) is 6.67 Å². The van der Waals surface area contributed by atoms with Gasteiger partial charge in [-0.3, -0.25) is 4.90 Å². The van der Waals surface area contributed by atoms with Gasteiger partial charge in [-0.15, -0.1) is 0 Å². The fourth-order valence-electron chi connectivity index (χ4n) is 2.14. The lowest BCUT2D eigenvalue weighted by molar-refractivity contribution is 0.231. The van der Waals surface area contributed by atoms with Crippen molar-refractivity contribution in [3.8, 4) is 0 Å². The molecule has 1 saturated heterocycles. The SMILES string of the molecule is O=C1NCN(c2ccc(Cl)cc2)C(=O)N1c1ccc(Cl)cc1. The number of rotatable bonds is 2. The molecule has 0 unspecified atom stereocenters. The van der Waals surface area contributed by atoms with Gasteiger partial charge in [-0.05, 0) is 48.5 Å². The molecule has 4 amide bonds. The van der Waals surface area contributed by atoms with Crippen molar-refractivity contribution in [1.82, 2.24) is 5.32 Å². The summed E-state index contributed by atoms with van der Waals surface area (Å²) >= 11 is 11.7. The molecule has 1 heterocycles. The van der Waals surface area contributed by atoms with Crippen LogP contribution < -0.4 is 15.1 Å². The molecule has 0 atom stereocenters. The maximum Gasteiger partial charge on any atom is 0.338 e. The molecule has 5 nitrogen and oxygen atoms in total. The van der Waals surface area contributed by atoms with Crippen LogP contribution in [0.3, 0.4) is 0 Å². The first kappa shape index (κ1) is 14.7. The second kappa shape index (κ2) is 5.87. The molecule has 1 N–H and O–H groups in total. The third-order valence-electron chi connectivity index (χ3n) is 3.24. The monoisotopic (exact) mass is 335 g/mol. The normalized spacial score (nSPS) is 15.0. The number of carbonyl (C=O) groups is 2.